The summed E-state index contributed by atoms with van der Waals surface area (Å²) in [5.41, 5.74) is 2.83. The summed E-state index contributed by atoms with van der Waals surface area (Å²) >= 11 is 0. The van der Waals surface area contributed by atoms with Crippen LogP contribution in [-0.4, -0.2) is 20.1 Å². The summed E-state index contributed by atoms with van der Waals surface area (Å²) in [6, 6.07) is 17.5. The minimum absolute atomic E-state index is 0.157. The Bertz CT molecular complexity index is 581. The van der Waals surface area contributed by atoms with Gasteiger partial charge in [-0.15, -0.1) is 0 Å². The van der Waals surface area contributed by atoms with Crippen molar-refractivity contribution in [1.29, 1.82) is 0 Å². The first kappa shape index (κ1) is 15.1. The van der Waals surface area contributed by atoms with Crippen LogP contribution in [0.15, 0.2) is 54.6 Å². The number of nitrogens with one attached hydrogen (secondary N) is 2. The fraction of sp³-hybridized carbons (Fsp3) is 0.235. The van der Waals surface area contributed by atoms with E-state index in [0.29, 0.717) is 6.04 Å². The minimum Gasteiger partial charge on any atom is -0.313 e. The summed E-state index contributed by atoms with van der Waals surface area (Å²) in [5.74, 6) is 0. The number of urea groups is 1. The average molecular weight is 283 g/mol. The summed E-state index contributed by atoms with van der Waals surface area (Å²) in [4.78, 5) is 13.8. The van der Waals surface area contributed by atoms with E-state index in [-0.39, 0.29) is 6.03 Å². The zero-order chi connectivity index (χ0) is 15.2. The van der Waals surface area contributed by atoms with E-state index in [2.05, 4.69) is 17.6 Å². The molecule has 21 heavy (non-hydrogen) atoms. The van der Waals surface area contributed by atoms with Gasteiger partial charge in [0.1, 0.15) is 0 Å². The van der Waals surface area contributed by atoms with Gasteiger partial charge in [-0.3, -0.25) is 4.90 Å². The molecule has 0 aromatic heterocycles. The van der Waals surface area contributed by atoms with Crippen LogP contribution in [-0.2, 0) is 0 Å². The second-order valence-corrected chi connectivity index (χ2v) is 4.96. The van der Waals surface area contributed by atoms with Gasteiger partial charge in [-0.1, -0.05) is 30.3 Å². The monoisotopic (exact) mass is 283 g/mol. The summed E-state index contributed by atoms with van der Waals surface area (Å²) in [7, 11) is 3.68. The Kier molecular flexibility index (Phi) is 4.95. The maximum atomic E-state index is 12.2. The summed E-state index contributed by atoms with van der Waals surface area (Å²) in [6.45, 7) is 2.09. The van der Waals surface area contributed by atoms with Crippen LogP contribution in [0.5, 0.6) is 0 Å². The Morgan fingerprint density at radius 1 is 1.05 bits per heavy atom. The average Bonchev–Trinajstić information content (AvgIpc) is 2.55. The predicted octanol–water partition coefficient (Wildman–Crippen LogP) is 3.64. The molecule has 0 heterocycles. The van der Waals surface area contributed by atoms with Gasteiger partial charge in [0.25, 0.3) is 0 Å². The number of rotatable bonds is 4. The van der Waals surface area contributed by atoms with Gasteiger partial charge in [-0.05, 0) is 43.8 Å². The molecule has 0 bridgehead atoms. The lowest BCUT2D eigenvalue weighted by Gasteiger charge is -2.18. The van der Waals surface area contributed by atoms with Gasteiger partial charge in [0, 0.05) is 24.5 Å². The molecule has 0 fully saturated rings. The Labute approximate surface area is 125 Å². The molecule has 0 aliphatic heterocycles. The largest absolute Gasteiger partial charge is 0.326 e. The van der Waals surface area contributed by atoms with Crippen molar-refractivity contribution in [3.63, 3.8) is 0 Å². The number of anilines is 2. The van der Waals surface area contributed by atoms with E-state index in [1.807, 2.05) is 61.6 Å². The Hall–Kier alpha value is -2.33. The van der Waals surface area contributed by atoms with Crippen LogP contribution in [0.3, 0.4) is 0 Å². The van der Waals surface area contributed by atoms with Crippen LogP contribution in [0.1, 0.15) is 18.5 Å². The molecule has 0 aliphatic rings. The number of hydrogen-bond acceptors (Lipinski definition) is 2. The SMILES string of the molecule is CNC(C)c1ccc(NC(=O)N(C)c2ccccc2)cc1. The third-order valence-corrected chi connectivity index (χ3v) is 3.54. The normalized spacial score (nSPS) is 11.8. The molecule has 2 rings (SSSR count). The number of hydrogen-bond donors (Lipinski definition) is 2. The molecule has 1 atom stereocenters. The van der Waals surface area contributed by atoms with Gasteiger partial charge >= 0.3 is 6.03 Å². The van der Waals surface area contributed by atoms with E-state index in [1.54, 1.807) is 11.9 Å². The zero-order valence-electron chi connectivity index (χ0n) is 12.6. The van der Waals surface area contributed by atoms with Crippen LogP contribution in [0.25, 0.3) is 0 Å². The lowest BCUT2D eigenvalue weighted by molar-refractivity contribution is 0.258. The molecule has 1 unspecified atom stereocenters. The minimum atomic E-state index is -0.157. The van der Waals surface area contributed by atoms with Crippen molar-refractivity contribution in [3.05, 3.63) is 60.2 Å². The van der Waals surface area contributed by atoms with Gasteiger partial charge in [-0.2, -0.15) is 0 Å². The predicted molar refractivity (Wildman–Crippen MR) is 87.8 cm³/mol. The van der Waals surface area contributed by atoms with Gasteiger partial charge in [0.2, 0.25) is 0 Å². The zero-order valence-corrected chi connectivity index (χ0v) is 12.6. The molecule has 2 aromatic carbocycles. The highest BCUT2D eigenvalue weighted by atomic mass is 16.2. The van der Waals surface area contributed by atoms with E-state index in [1.165, 1.54) is 5.56 Å². The molecule has 0 saturated carbocycles. The second-order valence-electron chi connectivity index (χ2n) is 4.96. The van der Waals surface area contributed by atoms with Crippen molar-refractivity contribution in [1.82, 2.24) is 5.32 Å². The maximum absolute atomic E-state index is 12.2. The Morgan fingerprint density at radius 3 is 2.24 bits per heavy atom. The highest BCUT2D eigenvalue weighted by Gasteiger charge is 2.10. The standard InChI is InChI=1S/C17H21N3O/c1-13(18-2)14-9-11-15(12-10-14)19-17(21)20(3)16-7-5-4-6-8-16/h4-13,18H,1-3H3,(H,19,21). The van der Waals surface area contributed by atoms with Crippen molar-refractivity contribution >= 4 is 17.4 Å². The number of carbonyl (C=O) groups is 1. The van der Waals surface area contributed by atoms with E-state index in [9.17, 15) is 4.79 Å². The second kappa shape index (κ2) is 6.90. The van der Waals surface area contributed by atoms with Gasteiger partial charge in [0.05, 0.1) is 0 Å². The quantitative estimate of drug-likeness (QED) is 0.900. The molecule has 0 aliphatic carbocycles. The number of benzene rings is 2. The maximum Gasteiger partial charge on any atom is 0.326 e. The highest BCUT2D eigenvalue weighted by Crippen LogP contribution is 2.17. The van der Waals surface area contributed by atoms with Crippen LogP contribution < -0.4 is 15.5 Å². The van der Waals surface area contributed by atoms with Crippen molar-refractivity contribution in [2.75, 3.05) is 24.3 Å². The van der Waals surface area contributed by atoms with E-state index < -0.39 is 0 Å². The van der Waals surface area contributed by atoms with Gasteiger partial charge in [0.15, 0.2) is 0 Å². The fourth-order valence-corrected chi connectivity index (χ4v) is 2.00. The fourth-order valence-electron chi connectivity index (χ4n) is 2.00. The van der Waals surface area contributed by atoms with Crippen molar-refractivity contribution in [3.8, 4) is 0 Å². The molecule has 0 radical (unpaired) electrons. The van der Waals surface area contributed by atoms with E-state index in [0.717, 1.165) is 11.4 Å². The molecule has 0 spiro atoms. The van der Waals surface area contributed by atoms with Crippen molar-refractivity contribution in [2.45, 2.75) is 13.0 Å². The molecule has 2 amide bonds. The Balaban J connectivity index is 2.03. The highest BCUT2D eigenvalue weighted by molar-refractivity contribution is 6.01. The molecule has 4 nitrogen and oxygen atoms in total. The number of carbonyl (C=O) groups excluding carboxylic acids is 1. The molecule has 4 heteroatoms. The Morgan fingerprint density at radius 2 is 1.67 bits per heavy atom. The van der Waals surface area contributed by atoms with Crippen molar-refractivity contribution < 1.29 is 4.79 Å². The third-order valence-electron chi connectivity index (χ3n) is 3.54. The van der Waals surface area contributed by atoms with Gasteiger partial charge < -0.3 is 10.6 Å². The van der Waals surface area contributed by atoms with Crippen LogP contribution in [0, 0.1) is 0 Å². The van der Waals surface area contributed by atoms with Crippen molar-refractivity contribution in [2.24, 2.45) is 0 Å². The molecule has 0 saturated heterocycles. The molecule has 2 aromatic rings. The summed E-state index contributed by atoms with van der Waals surface area (Å²) in [5, 5.41) is 6.08. The number of nitrogens with zero attached hydrogens (tertiary/aromatic N) is 1. The topological polar surface area (TPSA) is 44.4 Å². The van der Waals surface area contributed by atoms with Crippen LogP contribution in [0.2, 0.25) is 0 Å². The summed E-state index contributed by atoms with van der Waals surface area (Å²) in [6.07, 6.45) is 0. The van der Waals surface area contributed by atoms with Crippen LogP contribution >= 0.6 is 0 Å². The molecule has 110 valence electrons. The molecular formula is C17H21N3O. The summed E-state index contributed by atoms with van der Waals surface area (Å²) < 4.78 is 0. The molecule has 2 N–H and O–H groups in total. The van der Waals surface area contributed by atoms with E-state index in [4.69, 9.17) is 0 Å². The first-order valence-corrected chi connectivity index (χ1v) is 6.99. The smallest absolute Gasteiger partial charge is 0.313 e. The first-order chi connectivity index (χ1) is 10.1. The number of para-hydroxylation sites is 1. The first-order valence-electron chi connectivity index (χ1n) is 6.99. The number of amides is 2. The van der Waals surface area contributed by atoms with Crippen LogP contribution in [0.4, 0.5) is 16.2 Å². The lowest BCUT2D eigenvalue weighted by atomic mass is 10.1. The van der Waals surface area contributed by atoms with Gasteiger partial charge in [-0.25, -0.2) is 4.79 Å². The third kappa shape index (κ3) is 3.83. The van der Waals surface area contributed by atoms with E-state index >= 15 is 0 Å². The molecular weight excluding hydrogens is 262 g/mol. The lowest BCUT2D eigenvalue weighted by Crippen LogP contribution is -2.31.